The van der Waals surface area contributed by atoms with Gasteiger partial charge in [-0.05, 0) is 26.0 Å². The molecule has 0 unspecified atom stereocenters. The summed E-state index contributed by atoms with van der Waals surface area (Å²) >= 11 is 6.43. The highest BCUT2D eigenvalue weighted by Crippen LogP contribution is 2.28. The van der Waals surface area contributed by atoms with Gasteiger partial charge in [-0.25, -0.2) is 15.0 Å². The number of oxazole rings is 1. The predicted octanol–water partition coefficient (Wildman–Crippen LogP) is 5.13. The number of ether oxygens (including phenoxy) is 1. The fourth-order valence-corrected chi connectivity index (χ4v) is 3.67. The molecule has 0 aliphatic rings. The molecule has 176 valence electrons. The molecule has 0 saturated carbocycles. The first kappa shape index (κ1) is 23.6. The van der Waals surface area contributed by atoms with E-state index in [1.54, 1.807) is 25.4 Å². The van der Waals surface area contributed by atoms with E-state index in [1.165, 1.54) is 10.8 Å². The number of halogens is 1. The van der Waals surface area contributed by atoms with Crippen molar-refractivity contribution < 1.29 is 9.15 Å². The van der Waals surface area contributed by atoms with Crippen LogP contribution in [0.15, 0.2) is 46.1 Å². The summed E-state index contributed by atoms with van der Waals surface area (Å²) < 4.78 is 12.5. The van der Waals surface area contributed by atoms with E-state index in [0.29, 0.717) is 28.7 Å². The van der Waals surface area contributed by atoms with Crippen molar-refractivity contribution in [1.82, 2.24) is 24.5 Å². The minimum atomic E-state index is -0.395. The van der Waals surface area contributed by atoms with Crippen molar-refractivity contribution >= 4 is 11.6 Å². The maximum absolute atomic E-state index is 13.3. The summed E-state index contributed by atoms with van der Waals surface area (Å²) in [5.74, 6) is 1.55. The van der Waals surface area contributed by atoms with Gasteiger partial charge in [-0.2, -0.15) is 0 Å². The summed E-state index contributed by atoms with van der Waals surface area (Å²) in [6.07, 6.45) is 4.99. The van der Waals surface area contributed by atoms with E-state index in [1.807, 2.05) is 26.0 Å². The van der Waals surface area contributed by atoms with Crippen molar-refractivity contribution in [2.45, 2.75) is 53.6 Å². The lowest BCUT2D eigenvalue weighted by Gasteiger charge is -2.18. The molecule has 4 aromatic rings. The second kappa shape index (κ2) is 9.02. The van der Waals surface area contributed by atoms with Crippen LogP contribution >= 0.6 is 11.6 Å². The Morgan fingerprint density at radius 3 is 2.56 bits per heavy atom. The number of aromatic nitrogens is 5. The van der Waals surface area contributed by atoms with Crippen LogP contribution in [0.1, 0.15) is 49.6 Å². The molecule has 9 heteroatoms. The lowest BCUT2D eigenvalue weighted by molar-refractivity contribution is 0.300. The summed E-state index contributed by atoms with van der Waals surface area (Å²) in [6.45, 7) is 11.7. The number of hydrogen-bond acceptors (Lipinski definition) is 7. The molecule has 0 N–H and O–H groups in total. The van der Waals surface area contributed by atoms with E-state index < -0.39 is 5.56 Å². The highest BCUT2D eigenvalue weighted by molar-refractivity contribution is 6.31. The summed E-state index contributed by atoms with van der Waals surface area (Å²) in [4.78, 5) is 31.1. The number of nitrogens with zero attached hydrogens (tertiary/aromatic N) is 5. The van der Waals surface area contributed by atoms with Crippen molar-refractivity contribution in [3.05, 3.63) is 81.0 Å². The molecule has 4 heterocycles. The maximum Gasteiger partial charge on any atom is 0.277 e. The third-order valence-electron chi connectivity index (χ3n) is 5.27. The van der Waals surface area contributed by atoms with Crippen LogP contribution in [0.5, 0.6) is 5.75 Å². The molecule has 0 aliphatic heterocycles. The van der Waals surface area contributed by atoms with E-state index in [9.17, 15) is 4.79 Å². The highest BCUT2D eigenvalue weighted by atomic mass is 35.5. The van der Waals surface area contributed by atoms with Gasteiger partial charge in [0, 0.05) is 42.1 Å². The molecular formula is C25H26ClN5O3. The minimum absolute atomic E-state index is 0.0207. The van der Waals surface area contributed by atoms with Gasteiger partial charge < -0.3 is 9.15 Å². The van der Waals surface area contributed by atoms with Crippen LogP contribution in [-0.4, -0.2) is 24.5 Å². The van der Waals surface area contributed by atoms with Gasteiger partial charge in [0.05, 0.1) is 17.1 Å². The monoisotopic (exact) mass is 479 g/mol. The first-order valence-corrected chi connectivity index (χ1v) is 11.2. The summed E-state index contributed by atoms with van der Waals surface area (Å²) in [5, 5.41) is -0.0207. The number of hydrogen-bond donors (Lipinski definition) is 0. The average Bonchev–Trinajstić information content (AvgIpc) is 3.21. The van der Waals surface area contributed by atoms with Crippen molar-refractivity contribution in [2.24, 2.45) is 0 Å². The van der Waals surface area contributed by atoms with Gasteiger partial charge >= 0.3 is 0 Å². The van der Waals surface area contributed by atoms with Crippen LogP contribution in [0, 0.1) is 20.8 Å². The van der Waals surface area contributed by atoms with E-state index >= 15 is 0 Å². The molecule has 4 aromatic heterocycles. The zero-order chi connectivity index (χ0) is 24.6. The van der Waals surface area contributed by atoms with Gasteiger partial charge in [0.1, 0.15) is 35.2 Å². The molecule has 0 amide bonds. The molecular weight excluding hydrogens is 454 g/mol. The molecule has 0 atom stereocenters. The molecule has 0 saturated heterocycles. The molecule has 0 aliphatic carbocycles. The van der Waals surface area contributed by atoms with E-state index in [2.05, 4.69) is 35.7 Å². The lowest BCUT2D eigenvalue weighted by Crippen LogP contribution is -2.23. The fourth-order valence-electron chi connectivity index (χ4n) is 3.48. The summed E-state index contributed by atoms with van der Waals surface area (Å²) in [5.41, 5.74) is 3.49. The van der Waals surface area contributed by atoms with Crippen LogP contribution in [0.4, 0.5) is 0 Å². The van der Waals surface area contributed by atoms with Crippen LogP contribution < -0.4 is 10.3 Å². The van der Waals surface area contributed by atoms with Crippen LogP contribution in [-0.2, 0) is 12.0 Å². The molecule has 4 rings (SSSR count). The Labute approximate surface area is 202 Å². The Kier molecular flexibility index (Phi) is 6.27. The third-order valence-corrected chi connectivity index (χ3v) is 5.61. The van der Waals surface area contributed by atoms with E-state index in [0.717, 1.165) is 17.1 Å². The second-order valence-electron chi connectivity index (χ2n) is 9.10. The van der Waals surface area contributed by atoms with Gasteiger partial charge in [-0.3, -0.25) is 14.3 Å². The Morgan fingerprint density at radius 1 is 1.12 bits per heavy atom. The minimum Gasteiger partial charge on any atom is -0.485 e. The van der Waals surface area contributed by atoms with Crippen LogP contribution in [0.3, 0.4) is 0 Å². The smallest absolute Gasteiger partial charge is 0.277 e. The zero-order valence-corrected chi connectivity index (χ0v) is 20.8. The van der Waals surface area contributed by atoms with E-state index in [4.69, 9.17) is 25.7 Å². The Balaban J connectivity index is 1.73. The molecule has 0 aromatic carbocycles. The van der Waals surface area contributed by atoms with Gasteiger partial charge in [-0.1, -0.05) is 32.4 Å². The van der Waals surface area contributed by atoms with Crippen molar-refractivity contribution in [2.75, 3.05) is 0 Å². The number of pyridine rings is 2. The lowest BCUT2D eigenvalue weighted by atomic mass is 9.95. The Morgan fingerprint density at radius 2 is 1.88 bits per heavy atom. The molecule has 0 radical (unpaired) electrons. The van der Waals surface area contributed by atoms with Gasteiger partial charge in [0.15, 0.2) is 5.89 Å². The van der Waals surface area contributed by atoms with E-state index in [-0.39, 0.29) is 22.8 Å². The number of aryl methyl sites for hydroxylation is 3. The topological polar surface area (TPSA) is 95.9 Å². The molecule has 0 bridgehead atoms. The normalized spacial score (nSPS) is 11.6. The maximum atomic E-state index is 13.3. The second-order valence-corrected chi connectivity index (χ2v) is 9.47. The Hall–Kier alpha value is -3.52. The molecule has 34 heavy (non-hydrogen) atoms. The first-order valence-electron chi connectivity index (χ1n) is 10.8. The largest absolute Gasteiger partial charge is 0.485 e. The standard InChI is InChI=1S/C25H26ClN5O3/c1-14-9-21(34-13-18-12-33-16(3)29-18)22(26)23(32)31(14)20-10-17(11-28-15(20)2)19-7-8-27-24(30-19)25(4,5)6/h7-12H,13H2,1-6H3. The summed E-state index contributed by atoms with van der Waals surface area (Å²) in [6, 6.07) is 5.45. The third kappa shape index (κ3) is 4.72. The SMILES string of the molecule is Cc1nc(COc2cc(C)n(-c3cc(-c4ccnc(C(C)(C)C)n4)cnc3C)c(=O)c2Cl)co1. The highest BCUT2D eigenvalue weighted by Gasteiger charge is 2.20. The molecule has 8 nitrogen and oxygen atoms in total. The van der Waals surface area contributed by atoms with Gasteiger partial charge in [0.2, 0.25) is 0 Å². The predicted molar refractivity (Wildman–Crippen MR) is 130 cm³/mol. The Bertz CT molecular complexity index is 1420. The summed E-state index contributed by atoms with van der Waals surface area (Å²) in [7, 11) is 0. The molecule has 0 spiro atoms. The van der Waals surface area contributed by atoms with Crippen molar-refractivity contribution in [3.8, 4) is 22.7 Å². The average molecular weight is 480 g/mol. The van der Waals surface area contributed by atoms with Crippen LogP contribution in [0.25, 0.3) is 16.9 Å². The fraction of sp³-hybridized carbons (Fsp3) is 0.320. The zero-order valence-electron chi connectivity index (χ0n) is 20.0. The first-order chi connectivity index (χ1) is 16.0. The van der Waals surface area contributed by atoms with Gasteiger partial charge in [-0.15, -0.1) is 0 Å². The van der Waals surface area contributed by atoms with Crippen LogP contribution in [0.2, 0.25) is 5.02 Å². The molecule has 0 fully saturated rings. The van der Waals surface area contributed by atoms with Crippen molar-refractivity contribution in [1.29, 1.82) is 0 Å². The quantitative estimate of drug-likeness (QED) is 0.391. The number of rotatable bonds is 5. The van der Waals surface area contributed by atoms with Gasteiger partial charge in [0.25, 0.3) is 5.56 Å². The van der Waals surface area contributed by atoms with Crippen molar-refractivity contribution in [3.63, 3.8) is 0 Å².